The lowest BCUT2D eigenvalue weighted by molar-refractivity contribution is -0.122. The molecule has 0 spiro atoms. The molecular formula is C29H34N2O3S. The van der Waals surface area contributed by atoms with Crippen molar-refractivity contribution in [2.24, 2.45) is 0 Å². The largest absolute Gasteiger partial charge is 0.348 e. The van der Waals surface area contributed by atoms with Crippen molar-refractivity contribution in [1.29, 1.82) is 0 Å². The Labute approximate surface area is 209 Å². The van der Waals surface area contributed by atoms with Crippen LogP contribution < -0.4 is 5.32 Å². The molecule has 1 N–H and O–H groups in total. The van der Waals surface area contributed by atoms with Crippen molar-refractivity contribution in [1.82, 2.24) is 9.62 Å². The second kappa shape index (κ2) is 10.3. The van der Waals surface area contributed by atoms with Crippen LogP contribution in [0.5, 0.6) is 0 Å². The van der Waals surface area contributed by atoms with E-state index in [0.717, 1.165) is 41.5 Å². The molecule has 0 aliphatic heterocycles. The first-order valence-corrected chi connectivity index (χ1v) is 13.6. The molecule has 3 aromatic rings. The van der Waals surface area contributed by atoms with Crippen LogP contribution in [-0.2, 0) is 27.8 Å². The first-order valence-electron chi connectivity index (χ1n) is 12.2. The van der Waals surface area contributed by atoms with E-state index < -0.39 is 10.0 Å². The van der Waals surface area contributed by atoms with Crippen LogP contribution in [0.4, 0.5) is 0 Å². The SMILES string of the molecule is Cc1ccc(CN(CC(=O)N[C@H]2CCCc3ccccc32)S(=O)(=O)c2c(C)cc(C)cc2C)cc1. The summed E-state index contributed by atoms with van der Waals surface area (Å²) in [6.07, 6.45) is 2.85. The highest BCUT2D eigenvalue weighted by Crippen LogP contribution is 2.30. The van der Waals surface area contributed by atoms with E-state index in [1.54, 1.807) is 0 Å². The van der Waals surface area contributed by atoms with E-state index in [4.69, 9.17) is 0 Å². The van der Waals surface area contributed by atoms with Gasteiger partial charge in [-0.25, -0.2) is 8.42 Å². The maximum Gasteiger partial charge on any atom is 0.244 e. The lowest BCUT2D eigenvalue weighted by Crippen LogP contribution is -2.42. The Kier molecular flexibility index (Phi) is 7.43. The van der Waals surface area contributed by atoms with Crippen LogP contribution in [0, 0.1) is 27.7 Å². The van der Waals surface area contributed by atoms with Gasteiger partial charge < -0.3 is 5.32 Å². The topological polar surface area (TPSA) is 66.5 Å². The normalized spacial score (nSPS) is 15.6. The number of nitrogens with zero attached hydrogens (tertiary/aromatic N) is 1. The molecule has 1 aliphatic rings. The zero-order chi connectivity index (χ0) is 25.2. The van der Waals surface area contributed by atoms with Crippen molar-refractivity contribution < 1.29 is 13.2 Å². The minimum absolute atomic E-state index is 0.0979. The molecule has 4 rings (SSSR count). The number of hydrogen-bond donors (Lipinski definition) is 1. The molecule has 1 atom stereocenters. The van der Waals surface area contributed by atoms with Crippen LogP contribution in [0.1, 0.15) is 57.8 Å². The standard InChI is InChI=1S/C29H34N2O3S/c1-20-12-14-24(15-13-20)18-31(35(33,34)29-22(3)16-21(2)17-23(29)4)19-28(32)30-27-11-7-9-25-8-5-6-10-26(25)27/h5-6,8,10,12-17,27H,7,9,11,18-19H2,1-4H3,(H,30,32)/t27-/m0/s1. The molecule has 0 unspecified atom stereocenters. The first-order chi connectivity index (χ1) is 16.6. The summed E-state index contributed by atoms with van der Waals surface area (Å²) in [5.41, 5.74) is 6.72. The number of carbonyl (C=O) groups is 1. The molecular weight excluding hydrogens is 456 g/mol. The van der Waals surface area contributed by atoms with Crippen LogP contribution >= 0.6 is 0 Å². The molecule has 35 heavy (non-hydrogen) atoms. The van der Waals surface area contributed by atoms with Crippen LogP contribution in [-0.4, -0.2) is 25.2 Å². The smallest absolute Gasteiger partial charge is 0.244 e. The van der Waals surface area contributed by atoms with Gasteiger partial charge in [-0.15, -0.1) is 0 Å². The summed E-state index contributed by atoms with van der Waals surface area (Å²) in [5, 5.41) is 3.12. The summed E-state index contributed by atoms with van der Waals surface area (Å²) in [5.74, 6) is -0.287. The molecule has 1 aliphatic carbocycles. The Hall–Kier alpha value is -2.96. The van der Waals surface area contributed by atoms with Gasteiger partial charge in [-0.1, -0.05) is 71.8 Å². The predicted octanol–water partition coefficient (Wildman–Crippen LogP) is 5.30. The number of fused-ring (bicyclic) bond motifs is 1. The minimum Gasteiger partial charge on any atom is -0.348 e. The zero-order valence-electron chi connectivity index (χ0n) is 21.0. The van der Waals surface area contributed by atoms with Gasteiger partial charge >= 0.3 is 0 Å². The molecule has 1 amide bonds. The van der Waals surface area contributed by atoms with Crippen molar-refractivity contribution in [2.45, 2.75) is 64.4 Å². The van der Waals surface area contributed by atoms with Crippen LogP contribution in [0.15, 0.2) is 65.6 Å². The third kappa shape index (κ3) is 5.65. The number of sulfonamides is 1. The molecule has 184 valence electrons. The van der Waals surface area contributed by atoms with Gasteiger partial charge in [0.25, 0.3) is 0 Å². The summed E-state index contributed by atoms with van der Waals surface area (Å²) in [7, 11) is -3.91. The number of benzene rings is 3. The van der Waals surface area contributed by atoms with Crippen molar-refractivity contribution in [3.8, 4) is 0 Å². The van der Waals surface area contributed by atoms with E-state index in [9.17, 15) is 13.2 Å². The molecule has 6 heteroatoms. The Morgan fingerprint density at radius 3 is 2.29 bits per heavy atom. The van der Waals surface area contributed by atoms with Crippen molar-refractivity contribution in [2.75, 3.05) is 6.54 Å². The Balaban J connectivity index is 1.64. The van der Waals surface area contributed by atoms with E-state index in [2.05, 4.69) is 17.4 Å². The van der Waals surface area contributed by atoms with Gasteiger partial charge in [0.05, 0.1) is 17.5 Å². The summed E-state index contributed by atoms with van der Waals surface area (Å²) >= 11 is 0. The fourth-order valence-electron chi connectivity index (χ4n) is 5.13. The first kappa shape index (κ1) is 25.1. The molecule has 0 saturated heterocycles. The molecule has 0 bridgehead atoms. The maximum atomic E-state index is 13.9. The lowest BCUT2D eigenvalue weighted by atomic mass is 9.88. The monoisotopic (exact) mass is 490 g/mol. The molecule has 0 fully saturated rings. The van der Waals surface area contributed by atoms with E-state index in [1.807, 2.05) is 76.2 Å². The molecule has 0 saturated carbocycles. The van der Waals surface area contributed by atoms with Crippen molar-refractivity contribution >= 4 is 15.9 Å². The second-order valence-electron chi connectivity index (χ2n) is 9.70. The number of aryl methyl sites for hydroxylation is 5. The van der Waals surface area contributed by atoms with Gasteiger partial charge in [-0.3, -0.25) is 4.79 Å². The van der Waals surface area contributed by atoms with Gasteiger partial charge in [0, 0.05) is 6.54 Å². The summed E-state index contributed by atoms with van der Waals surface area (Å²) in [6.45, 7) is 7.47. The quantitative estimate of drug-likeness (QED) is 0.488. The van der Waals surface area contributed by atoms with Crippen LogP contribution in [0.2, 0.25) is 0 Å². The van der Waals surface area contributed by atoms with Gasteiger partial charge in [-0.2, -0.15) is 4.31 Å². The van der Waals surface area contributed by atoms with E-state index in [1.165, 1.54) is 9.87 Å². The zero-order valence-corrected chi connectivity index (χ0v) is 21.8. The third-order valence-electron chi connectivity index (χ3n) is 6.71. The van der Waals surface area contributed by atoms with Crippen LogP contribution in [0.25, 0.3) is 0 Å². The highest BCUT2D eigenvalue weighted by molar-refractivity contribution is 7.89. The predicted molar refractivity (Wildman–Crippen MR) is 140 cm³/mol. The summed E-state index contributed by atoms with van der Waals surface area (Å²) in [4.78, 5) is 13.5. The van der Waals surface area contributed by atoms with Gasteiger partial charge in [-0.05, 0) is 74.8 Å². The summed E-state index contributed by atoms with van der Waals surface area (Å²) in [6, 6.07) is 19.6. The Morgan fingerprint density at radius 1 is 0.943 bits per heavy atom. The third-order valence-corrected chi connectivity index (χ3v) is 8.80. The average molecular weight is 491 g/mol. The Morgan fingerprint density at radius 2 is 1.60 bits per heavy atom. The molecule has 3 aromatic carbocycles. The lowest BCUT2D eigenvalue weighted by Gasteiger charge is -2.28. The molecule has 0 heterocycles. The fraction of sp³-hybridized carbons (Fsp3) is 0.345. The van der Waals surface area contributed by atoms with Crippen molar-refractivity contribution in [3.05, 3.63) is 99.6 Å². The number of hydrogen-bond acceptors (Lipinski definition) is 3. The number of carbonyl (C=O) groups excluding carboxylic acids is 1. The second-order valence-corrected chi connectivity index (χ2v) is 11.6. The number of amides is 1. The molecule has 0 aromatic heterocycles. The van der Waals surface area contributed by atoms with Gasteiger partial charge in [0.2, 0.25) is 15.9 Å². The molecule has 0 radical (unpaired) electrons. The molecule has 5 nitrogen and oxygen atoms in total. The minimum atomic E-state index is -3.91. The highest BCUT2D eigenvalue weighted by Gasteiger charge is 2.31. The van der Waals surface area contributed by atoms with Crippen molar-refractivity contribution in [3.63, 3.8) is 0 Å². The highest BCUT2D eigenvalue weighted by atomic mass is 32.2. The fourth-order valence-corrected chi connectivity index (χ4v) is 6.93. The number of nitrogens with one attached hydrogen (secondary N) is 1. The average Bonchev–Trinajstić information content (AvgIpc) is 2.79. The summed E-state index contributed by atoms with van der Waals surface area (Å²) < 4.78 is 29.2. The van der Waals surface area contributed by atoms with Gasteiger partial charge in [0.1, 0.15) is 0 Å². The maximum absolute atomic E-state index is 13.9. The van der Waals surface area contributed by atoms with E-state index in [0.29, 0.717) is 11.1 Å². The number of rotatable bonds is 7. The van der Waals surface area contributed by atoms with Crippen LogP contribution in [0.3, 0.4) is 0 Å². The van der Waals surface area contributed by atoms with Gasteiger partial charge in [0.15, 0.2) is 0 Å². The van der Waals surface area contributed by atoms with E-state index >= 15 is 0 Å². The Bertz CT molecular complexity index is 1310. The van der Waals surface area contributed by atoms with E-state index in [-0.39, 0.29) is 29.9 Å².